The fourth-order valence-corrected chi connectivity index (χ4v) is 4.37. The topological polar surface area (TPSA) is 23.6 Å². The monoisotopic (exact) mass is 377 g/mol. The highest BCUT2D eigenvalue weighted by Gasteiger charge is 2.27. The minimum Gasteiger partial charge on any atom is -0.369 e. The Hall–Kier alpha value is -2.46. The largest absolute Gasteiger partial charge is 0.369 e. The molecule has 2 aromatic rings. The van der Waals surface area contributed by atoms with Gasteiger partial charge in [-0.2, -0.15) is 0 Å². The van der Waals surface area contributed by atoms with Gasteiger partial charge in [-0.05, 0) is 67.6 Å². The molecule has 3 nitrogen and oxygen atoms in total. The fraction of sp³-hybridized carbons (Fsp3) is 0.375. The van der Waals surface area contributed by atoms with Crippen molar-refractivity contribution in [1.82, 2.24) is 4.90 Å². The lowest BCUT2D eigenvalue weighted by atomic mass is 9.96. The smallest absolute Gasteiger partial charge is 0.233 e. The van der Waals surface area contributed by atoms with Gasteiger partial charge < -0.3 is 4.90 Å². The molecule has 1 fully saturated rings. The molecule has 1 aliphatic heterocycles. The summed E-state index contributed by atoms with van der Waals surface area (Å²) in [7, 11) is 0. The number of hydrogen-bond acceptors (Lipinski definition) is 3. The van der Waals surface area contributed by atoms with E-state index in [1.165, 1.54) is 24.8 Å². The zero-order valence-corrected chi connectivity index (χ0v) is 16.1. The van der Waals surface area contributed by atoms with Gasteiger partial charge in [-0.1, -0.05) is 23.8 Å². The zero-order valence-electron chi connectivity index (χ0n) is 16.1. The summed E-state index contributed by atoms with van der Waals surface area (Å²) in [5.41, 5.74) is 4.50. The van der Waals surface area contributed by atoms with Crippen molar-refractivity contribution in [3.63, 3.8) is 0 Å². The zero-order chi connectivity index (χ0) is 19.3. The molecule has 1 atom stereocenters. The Morgan fingerprint density at radius 1 is 0.964 bits per heavy atom. The van der Waals surface area contributed by atoms with E-state index in [-0.39, 0.29) is 5.82 Å². The van der Waals surface area contributed by atoms with Crippen LogP contribution in [0.15, 0.2) is 60.2 Å². The Morgan fingerprint density at radius 3 is 2.29 bits per heavy atom. The standard InChI is InChI=1S/C24H26FN2O/c25-22-9-5-19(6-10-22)17-24(21-3-1-2-4-21)27-15-13-26(14-16-27)23-11-7-20(18-28)8-12-23/h3,5-12,24H,1-2,4,13-17H2. The lowest BCUT2D eigenvalue weighted by Gasteiger charge is -2.41. The Labute approximate surface area is 166 Å². The molecule has 0 spiro atoms. The molecule has 0 bridgehead atoms. The van der Waals surface area contributed by atoms with Crippen molar-refractivity contribution in [3.8, 4) is 0 Å². The number of hydrogen-bond donors (Lipinski definition) is 0. The summed E-state index contributed by atoms with van der Waals surface area (Å²) in [4.78, 5) is 15.7. The third-order valence-electron chi connectivity index (χ3n) is 5.95. The normalized spacial score (nSPS) is 18.8. The second-order valence-electron chi connectivity index (χ2n) is 7.69. The van der Waals surface area contributed by atoms with Gasteiger partial charge in [-0.15, -0.1) is 0 Å². The van der Waals surface area contributed by atoms with Crippen LogP contribution >= 0.6 is 0 Å². The Bertz CT molecular complexity index is 821. The van der Waals surface area contributed by atoms with Gasteiger partial charge in [0, 0.05) is 43.5 Å². The van der Waals surface area contributed by atoms with Crippen molar-refractivity contribution in [1.29, 1.82) is 0 Å². The van der Waals surface area contributed by atoms with E-state index in [0.717, 1.165) is 38.3 Å². The lowest BCUT2D eigenvalue weighted by Crippen LogP contribution is -2.51. The van der Waals surface area contributed by atoms with Crippen LogP contribution in [-0.4, -0.2) is 43.4 Å². The first-order valence-corrected chi connectivity index (χ1v) is 10.1. The van der Waals surface area contributed by atoms with Crippen molar-refractivity contribution in [2.45, 2.75) is 31.7 Å². The van der Waals surface area contributed by atoms with Crippen LogP contribution in [-0.2, 0) is 11.2 Å². The summed E-state index contributed by atoms with van der Waals surface area (Å²) in [5, 5.41) is 0. The van der Waals surface area contributed by atoms with Crippen LogP contribution in [0, 0.1) is 5.82 Å². The number of halogens is 1. The van der Waals surface area contributed by atoms with E-state index in [9.17, 15) is 9.18 Å². The third-order valence-corrected chi connectivity index (χ3v) is 5.95. The Kier molecular flexibility index (Phi) is 5.87. The molecule has 28 heavy (non-hydrogen) atoms. The molecule has 1 unspecified atom stereocenters. The highest BCUT2D eigenvalue weighted by molar-refractivity contribution is 5.76. The number of rotatable bonds is 6. The molecular formula is C24H26FN2O. The van der Waals surface area contributed by atoms with Crippen LogP contribution in [0.25, 0.3) is 0 Å². The number of allylic oxidation sites excluding steroid dienone is 1. The predicted octanol–water partition coefficient (Wildman–Crippen LogP) is 4.13. The van der Waals surface area contributed by atoms with E-state index in [1.807, 2.05) is 42.7 Å². The number of benzene rings is 2. The SMILES string of the molecule is O=[C]c1ccc(N2CCN(C(Cc3ccc(F)cc3)C3=CCCC3)CC2)cc1. The van der Waals surface area contributed by atoms with Crippen LogP contribution in [0.2, 0.25) is 0 Å². The van der Waals surface area contributed by atoms with Crippen LogP contribution in [0.4, 0.5) is 10.1 Å². The molecule has 0 amide bonds. The predicted molar refractivity (Wildman–Crippen MR) is 111 cm³/mol. The van der Waals surface area contributed by atoms with E-state index < -0.39 is 0 Å². The van der Waals surface area contributed by atoms with Gasteiger partial charge in [-0.3, -0.25) is 9.69 Å². The quantitative estimate of drug-likeness (QED) is 0.708. The average molecular weight is 377 g/mol. The first kappa shape index (κ1) is 18.9. The van der Waals surface area contributed by atoms with Crippen LogP contribution in [0.1, 0.15) is 30.4 Å². The van der Waals surface area contributed by atoms with Gasteiger partial charge in [0.2, 0.25) is 6.29 Å². The van der Waals surface area contributed by atoms with Gasteiger partial charge >= 0.3 is 0 Å². The highest BCUT2D eigenvalue weighted by atomic mass is 19.1. The van der Waals surface area contributed by atoms with E-state index in [1.54, 1.807) is 17.7 Å². The molecule has 2 aromatic carbocycles. The van der Waals surface area contributed by atoms with Gasteiger partial charge in [0.25, 0.3) is 0 Å². The minimum atomic E-state index is -0.174. The summed E-state index contributed by atoms with van der Waals surface area (Å²) in [6.07, 6.45) is 8.88. The summed E-state index contributed by atoms with van der Waals surface area (Å²) < 4.78 is 13.3. The van der Waals surface area contributed by atoms with Gasteiger partial charge in [0.15, 0.2) is 0 Å². The van der Waals surface area contributed by atoms with Gasteiger partial charge in [0.05, 0.1) is 0 Å². The molecule has 4 rings (SSSR count). The molecule has 0 N–H and O–H groups in total. The van der Waals surface area contributed by atoms with Crippen LogP contribution in [0.5, 0.6) is 0 Å². The number of piperazine rings is 1. The van der Waals surface area contributed by atoms with Crippen molar-refractivity contribution in [2.24, 2.45) is 0 Å². The highest BCUT2D eigenvalue weighted by Crippen LogP contribution is 2.28. The summed E-state index contributed by atoms with van der Waals surface area (Å²) in [6.45, 7) is 3.95. The molecule has 1 aliphatic carbocycles. The second-order valence-corrected chi connectivity index (χ2v) is 7.69. The first-order valence-electron chi connectivity index (χ1n) is 10.1. The third kappa shape index (κ3) is 4.33. The number of nitrogens with zero attached hydrogens (tertiary/aromatic N) is 2. The maximum Gasteiger partial charge on any atom is 0.233 e. The Morgan fingerprint density at radius 2 is 1.68 bits per heavy atom. The molecule has 0 aromatic heterocycles. The maximum atomic E-state index is 13.3. The molecule has 1 heterocycles. The molecule has 2 aliphatic rings. The summed E-state index contributed by atoms with van der Waals surface area (Å²) in [5.74, 6) is -0.174. The second kappa shape index (κ2) is 8.70. The van der Waals surface area contributed by atoms with Gasteiger partial charge in [0.1, 0.15) is 5.82 Å². The molecule has 145 valence electrons. The fourth-order valence-electron chi connectivity index (χ4n) is 4.37. The van der Waals surface area contributed by atoms with Crippen LogP contribution in [0.3, 0.4) is 0 Å². The first-order chi connectivity index (χ1) is 13.7. The van der Waals surface area contributed by atoms with E-state index in [2.05, 4.69) is 15.9 Å². The van der Waals surface area contributed by atoms with Crippen molar-refractivity contribution in [2.75, 3.05) is 31.1 Å². The number of anilines is 1. The molecular weight excluding hydrogens is 351 g/mol. The Balaban J connectivity index is 1.44. The summed E-state index contributed by atoms with van der Waals surface area (Å²) in [6, 6.07) is 15.0. The molecule has 0 saturated carbocycles. The van der Waals surface area contributed by atoms with E-state index >= 15 is 0 Å². The maximum absolute atomic E-state index is 13.3. The lowest BCUT2D eigenvalue weighted by molar-refractivity contribution is 0.205. The van der Waals surface area contributed by atoms with Crippen molar-refractivity contribution >= 4 is 12.0 Å². The van der Waals surface area contributed by atoms with Crippen molar-refractivity contribution < 1.29 is 9.18 Å². The minimum absolute atomic E-state index is 0.174. The number of carbonyl (C=O) groups excluding carboxylic acids is 1. The van der Waals surface area contributed by atoms with Gasteiger partial charge in [-0.25, -0.2) is 4.39 Å². The van der Waals surface area contributed by atoms with Crippen LogP contribution < -0.4 is 4.90 Å². The van der Waals surface area contributed by atoms with E-state index in [0.29, 0.717) is 11.6 Å². The average Bonchev–Trinajstić information content (AvgIpc) is 3.28. The molecule has 1 radical (unpaired) electrons. The van der Waals surface area contributed by atoms with Crippen molar-refractivity contribution in [3.05, 3.63) is 77.1 Å². The van der Waals surface area contributed by atoms with E-state index in [4.69, 9.17) is 0 Å². The molecule has 1 saturated heterocycles. The molecule has 4 heteroatoms. The summed E-state index contributed by atoms with van der Waals surface area (Å²) >= 11 is 0.